The lowest BCUT2D eigenvalue weighted by molar-refractivity contribution is -0.121. The fourth-order valence-corrected chi connectivity index (χ4v) is 3.90. The number of hydrogen-bond donors (Lipinski definition) is 0. The van der Waals surface area contributed by atoms with Crippen LogP contribution in [0.5, 0.6) is 0 Å². The molecule has 2 aliphatic heterocycles. The molecule has 0 radical (unpaired) electrons. The molecule has 3 rings (SSSR count). The molecule has 2 unspecified atom stereocenters. The lowest BCUT2D eigenvalue weighted by Gasteiger charge is -2.47. The van der Waals surface area contributed by atoms with E-state index in [4.69, 9.17) is 0 Å². The summed E-state index contributed by atoms with van der Waals surface area (Å²) < 4.78 is 1.30. The number of benzene rings is 1. The number of nitrogens with zero attached hydrogens (tertiary/aromatic N) is 1. The van der Waals surface area contributed by atoms with E-state index in [1.54, 1.807) is 0 Å². The first-order valence-electron chi connectivity index (χ1n) is 6.30. The first-order chi connectivity index (χ1) is 8.25. The zero-order valence-electron chi connectivity index (χ0n) is 9.73. The Kier molecular flexibility index (Phi) is 3.11. The molecule has 0 saturated carbocycles. The van der Waals surface area contributed by atoms with Gasteiger partial charge in [0.05, 0.1) is 5.69 Å². The number of ketones is 1. The molecule has 0 aromatic heterocycles. The molecule has 2 fully saturated rings. The van der Waals surface area contributed by atoms with Gasteiger partial charge in [0.2, 0.25) is 0 Å². The van der Waals surface area contributed by atoms with Gasteiger partial charge in [-0.25, -0.2) is 0 Å². The number of carbonyl (C=O) groups is 1. The van der Waals surface area contributed by atoms with Gasteiger partial charge in [0.1, 0.15) is 5.78 Å². The molecule has 17 heavy (non-hydrogen) atoms. The zero-order chi connectivity index (χ0) is 11.8. The molecule has 2 bridgehead atoms. The average Bonchev–Trinajstić information content (AvgIpc) is 2.29. The van der Waals surface area contributed by atoms with Crippen molar-refractivity contribution in [2.24, 2.45) is 0 Å². The van der Waals surface area contributed by atoms with Crippen LogP contribution < -0.4 is 4.90 Å². The summed E-state index contributed by atoms with van der Waals surface area (Å²) in [6.45, 7) is 0. The summed E-state index contributed by atoms with van der Waals surface area (Å²) in [6, 6.07) is 9.43. The summed E-state index contributed by atoms with van der Waals surface area (Å²) in [6.07, 6.45) is 5.13. The minimum atomic E-state index is 0.450. The van der Waals surface area contributed by atoms with Crippen molar-refractivity contribution in [1.29, 1.82) is 0 Å². The molecule has 2 aliphatic rings. The highest BCUT2D eigenvalue weighted by Crippen LogP contribution is 2.38. The van der Waals surface area contributed by atoms with Crippen molar-refractivity contribution >= 4 is 34.1 Å². The maximum absolute atomic E-state index is 11.7. The number of Topliss-reactive ketones (excluding diaryl/α,β-unsaturated/α-hetero) is 1. The van der Waals surface area contributed by atoms with Crippen molar-refractivity contribution in [2.45, 2.75) is 44.2 Å². The van der Waals surface area contributed by atoms with E-state index in [1.165, 1.54) is 28.5 Å². The number of carbonyl (C=O) groups excluding carboxylic acids is 1. The number of hydrogen-bond acceptors (Lipinski definition) is 2. The maximum atomic E-state index is 11.7. The van der Waals surface area contributed by atoms with E-state index in [0.29, 0.717) is 17.9 Å². The zero-order valence-corrected chi connectivity index (χ0v) is 11.9. The van der Waals surface area contributed by atoms with E-state index in [0.717, 1.165) is 12.8 Å². The van der Waals surface area contributed by atoms with E-state index in [-0.39, 0.29) is 0 Å². The molecule has 2 saturated heterocycles. The molecule has 90 valence electrons. The van der Waals surface area contributed by atoms with Crippen LogP contribution in [-0.2, 0) is 4.79 Å². The molecule has 1 aromatic rings. The number of rotatable bonds is 1. The summed E-state index contributed by atoms with van der Waals surface area (Å²) in [5, 5.41) is 0. The lowest BCUT2D eigenvalue weighted by atomic mass is 9.83. The Bertz CT molecular complexity index is 430. The number of halogens is 1. The number of fused-ring (bicyclic) bond motifs is 2. The van der Waals surface area contributed by atoms with Crippen LogP contribution in [0, 0.1) is 3.57 Å². The Balaban J connectivity index is 1.97. The first-order valence-corrected chi connectivity index (χ1v) is 7.38. The van der Waals surface area contributed by atoms with Crippen LogP contribution >= 0.6 is 22.6 Å². The number of anilines is 1. The summed E-state index contributed by atoms with van der Waals surface area (Å²) in [5.41, 5.74) is 1.33. The van der Waals surface area contributed by atoms with E-state index >= 15 is 0 Å². The number of piperidine rings is 2. The van der Waals surface area contributed by atoms with Gasteiger partial charge < -0.3 is 4.90 Å². The van der Waals surface area contributed by atoms with Gasteiger partial charge in [-0.3, -0.25) is 4.79 Å². The van der Waals surface area contributed by atoms with Crippen LogP contribution in [0.4, 0.5) is 5.69 Å². The normalized spacial score (nSPS) is 28.3. The molecule has 0 N–H and O–H groups in total. The fourth-order valence-electron chi connectivity index (χ4n) is 3.23. The molecular weight excluding hydrogens is 325 g/mol. The third-order valence-corrected chi connectivity index (χ3v) is 4.83. The van der Waals surface area contributed by atoms with Crippen molar-refractivity contribution in [1.82, 2.24) is 0 Å². The SMILES string of the molecule is O=C1CC2CCCC(C1)N2c1ccccc1I. The standard InChI is InChI=1S/C14H16INO/c15-13-6-1-2-7-14(13)16-10-4-3-5-11(16)9-12(17)8-10/h1-2,6-7,10-11H,3-5,8-9H2. The third kappa shape index (κ3) is 2.09. The van der Waals surface area contributed by atoms with Crippen LogP contribution in [0.15, 0.2) is 24.3 Å². The summed E-state index contributed by atoms with van der Waals surface area (Å²) in [4.78, 5) is 14.2. The Hall–Kier alpha value is -0.580. The van der Waals surface area contributed by atoms with E-state index in [9.17, 15) is 4.79 Å². The van der Waals surface area contributed by atoms with Crippen LogP contribution in [0.25, 0.3) is 0 Å². The minimum absolute atomic E-state index is 0.450. The summed E-state index contributed by atoms with van der Waals surface area (Å²) in [5.74, 6) is 0.460. The van der Waals surface area contributed by atoms with Crippen molar-refractivity contribution in [3.05, 3.63) is 27.8 Å². The molecule has 2 atom stereocenters. The van der Waals surface area contributed by atoms with Crippen molar-refractivity contribution < 1.29 is 4.79 Å². The predicted molar refractivity (Wildman–Crippen MR) is 77.3 cm³/mol. The maximum Gasteiger partial charge on any atom is 0.137 e. The highest BCUT2D eigenvalue weighted by molar-refractivity contribution is 14.1. The van der Waals surface area contributed by atoms with Crippen molar-refractivity contribution in [2.75, 3.05) is 4.90 Å². The quantitative estimate of drug-likeness (QED) is 0.730. The largest absolute Gasteiger partial charge is 0.364 e. The molecular formula is C14H16INO. The highest BCUT2D eigenvalue weighted by Gasteiger charge is 2.37. The van der Waals surface area contributed by atoms with Crippen molar-refractivity contribution in [3.8, 4) is 0 Å². The van der Waals surface area contributed by atoms with Crippen molar-refractivity contribution in [3.63, 3.8) is 0 Å². The van der Waals surface area contributed by atoms with E-state index < -0.39 is 0 Å². The second-order valence-corrected chi connectivity index (χ2v) is 6.21. The molecule has 2 nitrogen and oxygen atoms in total. The predicted octanol–water partition coefficient (Wildman–Crippen LogP) is 3.38. The summed E-state index contributed by atoms with van der Waals surface area (Å²) in [7, 11) is 0. The van der Waals surface area contributed by atoms with Gasteiger partial charge in [0, 0.05) is 28.5 Å². The second kappa shape index (κ2) is 4.59. The smallest absolute Gasteiger partial charge is 0.137 e. The van der Waals surface area contributed by atoms with Crippen LogP contribution in [0.2, 0.25) is 0 Å². The molecule has 0 amide bonds. The Morgan fingerprint density at radius 3 is 2.41 bits per heavy atom. The minimum Gasteiger partial charge on any atom is -0.364 e. The van der Waals surface area contributed by atoms with Gasteiger partial charge in [0.25, 0.3) is 0 Å². The molecule has 0 spiro atoms. The Morgan fingerprint density at radius 1 is 1.12 bits per heavy atom. The van der Waals surface area contributed by atoms with E-state index in [2.05, 4.69) is 51.8 Å². The fraction of sp³-hybridized carbons (Fsp3) is 0.500. The molecule has 1 aromatic carbocycles. The van der Waals surface area contributed by atoms with Crippen LogP contribution in [0.3, 0.4) is 0 Å². The first kappa shape index (κ1) is 11.5. The van der Waals surface area contributed by atoms with Gasteiger partial charge in [-0.05, 0) is 54.0 Å². The van der Waals surface area contributed by atoms with Crippen LogP contribution in [-0.4, -0.2) is 17.9 Å². The monoisotopic (exact) mass is 341 g/mol. The lowest BCUT2D eigenvalue weighted by Crippen LogP contribution is -2.52. The van der Waals surface area contributed by atoms with Gasteiger partial charge >= 0.3 is 0 Å². The van der Waals surface area contributed by atoms with E-state index in [1.807, 2.05) is 0 Å². The highest BCUT2D eigenvalue weighted by atomic mass is 127. The Morgan fingerprint density at radius 2 is 1.76 bits per heavy atom. The second-order valence-electron chi connectivity index (χ2n) is 5.04. The van der Waals surface area contributed by atoms with Gasteiger partial charge in [-0.1, -0.05) is 12.1 Å². The number of para-hydroxylation sites is 1. The third-order valence-electron chi connectivity index (χ3n) is 3.92. The topological polar surface area (TPSA) is 20.3 Å². The Labute approximate surface area is 116 Å². The van der Waals surface area contributed by atoms with Gasteiger partial charge in [-0.2, -0.15) is 0 Å². The molecule has 2 heterocycles. The molecule has 0 aliphatic carbocycles. The summed E-state index contributed by atoms with van der Waals surface area (Å²) >= 11 is 2.40. The van der Waals surface area contributed by atoms with Gasteiger partial charge in [-0.15, -0.1) is 0 Å². The van der Waals surface area contributed by atoms with Gasteiger partial charge in [0.15, 0.2) is 0 Å². The van der Waals surface area contributed by atoms with Crippen LogP contribution in [0.1, 0.15) is 32.1 Å². The average molecular weight is 341 g/mol. The molecule has 3 heteroatoms.